The van der Waals surface area contributed by atoms with Crippen LogP contribution in [0.4, 0.5) is 0 Å². The highest BCUT2D eigenvalue weighted by Crippen LogP contribution is 2.14. The van der Waals surface area contributed by atoms with Crippen LogP contribution in [-0.4, -0.2) is 56.8 Å². The Balaban J connectivity index is 1.40. The first kappa shape index (κ1) is 14.9. The Labute approximate surface area is 136 Å². The van der Waals surface area contributed by atoms with Crippen LogP contribution in [0.1, 0.15) is 17.8 Å². The summed E-state index contributed by atoms with van der Waals surface area (Å²) >= 11 is 0. The van der Waals surface area contributed by atoms with Crippen LogP contribution in [0.15, 0.2) is 24.5 Å². The summed E-state index contributed by atoms with van der Waals surface area (Å²) in [5.41, 5.74) is 2.47. The normalized spacial score (nSPS) is 22.7. The van der Waals surface area contributed by atoms with Crippen LogP contribution in [0.5, 0.6) is 0 Å². The van der Waals surface area contributed by atoms with Crippen molar-refractivity contribution >= 4 is 0 Å². The highest BCUT2D eigenvalue weighted by molar-refractivity contribution is 5.11. The van der Waals surface area contributed by atoms with E-state index in [0.29, 0.717) is 0 Å². The van der Waals surface area contributed by atoms with Crippen LogP contribution in [0.3, 0.4) is 0 Å². The SMILES string of the molecule is c1cnn(C[C@@H]2CN(Cc3cc4n(n3)CCNC4)CCCO2)c1. The van der Waals surface area contributed by atoms with E-state index < -0.39 is 0 Å². The van der Waals surface area contributed by atoms with Crippen LogP contribution in [-0.2, 0) is 30.9 Å². The van der Waals surface area contributed by atoms with Gasteiger partial charge in [0.1, 0.15) is 0 Å². The first-order valence-corrected chi connectivity index (χ1v) is 8.44. The summed E-state index contributed by atoms with van der Waals surface area (Å²) in [5.74, 6) is 0. The average molecular weight is 316 g/mol. The predicted molar refractivity (Wildman–Crippen MR) is 85.8 cm³/mol. The third-order valence-corrected chi connectivity index (χ3v) is 4.49. The van der Waals surface area contributed by atoms with Crippen molar-refractivity contribution in [2.75, 3.05) is 26.2 Å². The maximum atomic E-state index is 5.99. The molecule has 2 aliphatic heterocycles. The molecule has 2 aliphatic rings. The molecule has 124 valence electrons. The minimum absolute atomic E-state index is 0.191. The molecule has 7 nitrogen and oxygen atoms in total. The summed E-state index contributed by atoms with van der Waals surface area (Å²) in [6.07, 6.45) is 5.08. The van der Waals surface area contributed by atoms with E-state index in [2.05, 4.69) is 26.1 Å². The van der Waals surface area contributed by atoms with Crippen molar-refractivity contribution in [1.82, 2.24) is 29.8 Å². The largest absolute Gasteiger partial charge is 0.375 e. The molecule has 0 radical (unpaired) electrons. The number of hydrogen-bond donors (Lipinski definition) is 1. The molecule has 23 heavy (non-hydrogen) atoms. The zero-order valence-electron chi connectivity index (χ0n) is 13.4. The maximum Gasteiger partial charge on any atom is 0.0897 e. The fraction of sp³-hybridized carbons (Fsp3) is 0.625. The van der Waals surface area contributed by atoms with Gasteiger partial charge in [0.2, 0.25) is 0 Å². The van der Waals surface area contributed by atoms with Crippen LogP contribution in [0.2, 0.25) is 0 Å². The van der Waals surface area contributed by atoms with E-state index in [0.717, 1.165) is 58.8 Å². The molecule has 2 aromatic heterocycles. The number of nitrogens with zero attached hydrogens (tertiary/aromatic N) is 5. The minimum atomic E-state index is 0.191. The fourth-order valence-electron chi connectivity index (χ4n) is 3.40. The standard InChI is InChI=1S/C16H24N6O/c1-3-18-21(6-1)13-16-12-20(5-2-8-23-16)11-14-9-15-10-17-4-7-22(15)19-14/h1,3,6,9,16-17H,2,4-5,7-8,10-13H2/t16-/m0/s1. The molecule has 0 spiro atoms. The number of rotatable bonds is 4. The van der Waals surface area contributed by atoms with Gasteiger partial charge in [-0.05, 0) is 18.6 Å². The van der Waals surface area contributed by atoms with E-state index in [9.17, 15) is 0 Å². The summed E-state index contributed by atoms with van der Waals surface area (Å²) in [5, 5.41) is 12.4. The molecule has 4 rings (SSSR count). The van der Waals surface area contributed by atoms with Gasteiger partial charge >= 0.3 is 0 Å². The van der Waals surface area contributed by atoms with Crippen LogP contribution in [0, 0.1) is 0 Å². The van der Waals surface area contributed by atoms with E-state index in [1.54, 1.807) is 0 Å². The molecule has 2 aromatic rings. The fourth-order valence-corrected chi connectivity index (χ4v) is 3.40. The number of ether oxygens (including phenoxy) is 1. The zero-order valence-corrected chi connectivity index (χ0v) is 13.4. The number of nitrogens with one attached hydrogen (secondary N) is 1. The van der Waals surface area contributed by atoms with E-state index >= 15 is 0 Å². The second-order valence-electron chi connectivity index (χ2n) is 6.34. The molecule has 1 atom stereocenters. The summed E-state index contributed by atoms with van der Waals surface area (Å²) in [4.78, 5) is 2.46. The quantitative estimate of drug-likeness (QED) is 0.889. The van der Waals surface area contributed by atoms with E-state index in [4.69, 9.17) is 9.84 Å². The molecule has 0 saturated carbocycles. The van der Waals surface area contributed by atoms with Crippen LogP contribution < -0.4 is 5.32 Å². The second kappa shape index (κ2) is 6.82. The number of fused-ring (bicyclic) bond motifs is 1. The molecule has 1 saturated heterocycles. The monoisotopic (exact) mass is 316 g/mol. The molecular formula is C16H24N6O. The van der Waals surface area contributed by atoms with Crippen molar-refractivity contribution in [2.24, 2.45) is 0 Å². The number of hydrogen-bond acceptors (Lipinski definition) is 5. The zero-order chi connectivity index (χ0) is 15.5. The van der Waals surface area contributed by atoms with Crippen molar-refractivity contribution in [1.29, 1.82) is 0 Å². The van der Waals surface area contributed by atoms with Crippen LogP contribution in [0.25, 0.3) is 0 Å². The highest BCUT2D eigenvalue weighted by Gasteiger charge is 2.21. The van der Waals surface area contributed by atoms with Crippen molar-refractivity contribution in [3.63, 3.8) is 0 Å². The van der Waals surface area contributed by atoms with Crippen molar-refractivity contribution in [3.8, 4) is 0 Å². The summed E-state index contributed by atoms with van der Waals surface area (Å²) in [6.45, 7) is 7.45. The van der Waals surface area contributed by atoms with Gasteiger partial charge in [-0.25, -0.2) is 0 Å². The molecule has 0 aliphatic carbocycles. The van der Waals surface area contributed by atoms with Gasteiger partial charge in [0, 0.05) is 51.7 Å². The first-order valence-electron chi connectivity index (χ1n) is 8.44. The lowest BCUT2D eigenvalue weighted by molar-refractivity contribution is 0.0389. The van der Waals surface area contributed by atoms with E-state index in [-0.39, 0.29) is 6.10 Å². The smallest absolute Gasteiger partial charge is 0.0897 e. The topological polar surface area (TPSA) is 60.1 Å². The molecule has 0 aromatic carbocycles. The molecule has 1 fully saturated rings. The lowest BCUT2D eigenvalue weighted by atomic mass is 10.2. The molecule has 0 unspecified atom stereocenters. The van der Waals surface area contributed by atoms with Gasteiger partial charge in [-0.1, -0.05) is 0 Å². The first-order chi connectivity index (χ1) is 11.4. The molecular weight excluding hydrogens is 292 g/mol. The summed E-state index contributed by atoms with van der Waals surface area (Å²) < 4.78 is 10.1. The highest BCUT2D eigenvalue weighted by atomic mass is 16.5. The Morgan fingerprint density at radius 1 is 1.35 bits per heavy atom. The van der Waals surface area contributed by atoms with Gasteiger partial charge in [0.15, 0.2) is 0 Å². The average Bonchev–Trinajstić information content (AvgIpc) is 3.14. The molecule has 1 N–H and O–H groups in total. The van der Waals surface area contributed by atoms with Gasteiger partial charge in [0.05, 0.1) is 30.6 Å². The Hall–Kier alpha value is -1.70. The molecule has 4 heterocycles. The number of aromatic nitrogens is 4. The van der Waals surface area contributed by atoms with Gasteiger partial charge < -0.3 is 10.1 Å². The lowest BCUT2D eigenvalue weighted by Gasteiger charge is -2.22. The predicted octanol–water partition coefficient (Wildman–Crippen LogP) is 0.474. The minimum Gasteiger partial charge on any atom is -0.375 e. The van der Waals surface area contributed by atoms with Crippen LogP contribution >= 0.6 is 0 Å². The van der Waals surface area contributed by atoms with Gasteiger partial charge in [-0.2, -0.15) is 10.2 Å². The summed E-state index contributed by atoms with van der Waals surface area (Å²) in [6, 6.07) is 4.19. The van der Waals surface area contributed by atoms with Crippen molar-refractivity contribution in [3.05, 3.63) is 35.9 Å². The van der Waals surface area contributed by atoms with Gasteiger partial charge in [-0.15, -0.1) is 0 Å². The van der Waals surface area contributed by atoms with E-state index in [1.165, 1.54) is 11.4 Å². The third-order valence-electron chi connectivity index (χ3n) is 4.49. The Bertz CT molecular complexity index is 599. The second-order valence-corrected chi connectivity index (χ2v) is 6.34. The molecule has 7 heteroatoms. The van der Waals surface area contributed by atoms with Crippen molar-refractivity contribution in [2.45, 2.75) is 38.7 Å². The van der Waals surface area contributed by atoms with E-state index in [1.807, 2.05) is 23.1 Å². The maximum absolute atomic E-state index is 5.99. The summed E-state index contributed by atoms with van der Waals surface area (Å²) in [7, 11) is 0. The van der Waals surface area contributed by atoms with Gasteiger partial charge in [-0.3, -0.25) is 14.3 Å². The molecule has 0 bridgehead atoms. The van der Waals surface area contributed by atoms with Gasteiger partial charge in [0.25, 0.3) is 0 Å². The third kappa shape index (κ3) is 3.63. The Kier molecular flexibility index (Phi) is 4.41. The van der Waals surface area contributed by atoms with Crippen molar-refractivity contribution < 1.29 is 4.74 Å². The Morgan fingerprint density at radius 2 is 2.35 bits per heavy atom. The lowest BCUT2D eigenvalue weighted by Crippen LogP contribution is -2.34. The Morgan fingerprint density at radius 3 is 3.22 bits per heavy atom. The molecule has 0 amide bonds.